The molecule has 0 radical (unpaired) electrons. The van der Waals surface area contributed by atoms with Gasteiger partial charge in [-0.25, -0.2) is 4.79 Å². The van der Waals surface area contributed by atoms with Gasteiger partial charge in [0.2, 0.25) is 0 Å². The van der Waals surface area contributed by atoms with Crippen LogP contribution < -0.4 is 10.1 Å². The standard InChI is InChI=1S/C14H13NO5S/c1-19-11-4-3-8(7-10(11)16)13(17)15-9-5-6-21-12(9)14(18)20-2/h3-7,16H,1-2H3,(H,15,17). The molecular formula is C14H13NO5S. The predicted octanol–water partition coefficient (Wildman–Crippen LogP) is 2.50. The number of ether oxygens (including phenoxy) is 2. The molecule has 0 aliphatic rings. The fourth-order valence-electron chi connectivity index (χ4n) is 1.68. The zero-order valence-electron chi connectivity index (χ0n) is 11.4. The molecule has 2 N–H and O–H groups in total. The summed E-state index contributed by atoms with van der Waals surface area (Å²) >= 11 is 1.17. The Balaban J connectivity index is 2.21. The van der Waals surface area contributed by atoms with Crippen molar-refractivity contribution in [1.82, 2.24) is 0 Å². The van der Waals surface area contributed by atoms with Gasteiger partial charge in [0.25, 0.3) is 5.91 Å². The Morgan fingerprint density at radius 2 is 2.00 bits per heavy atom. The van der Waals surface area contributed by atoms with Gasteiger partial charge in [0.1, 0.15) is 4.88 Å². The highest BCUT2D eigenvalue weighted by molar-refractivity contribution is 7.12. The normalized spacial score (nSPS) is 10.0. The number of aromatic hydroxyl groups is 1. The monoisotopic (exact) mass is 307 g/mol. The van der Waals surface area contributed by atoms with Crippen LogP contribution in [0.1, 0.15) is 20.0 Å². The van der Waals surface area contributed by atoms with Crippen LogP contribution in [0.5, 0.6) is 11.5 Å². The topological polar surface area (TPSA) is 84.9 Å². The van der Waals surface area contributed by atoms with Gasteiger partial charge in [-0.1, -0.05) is 0 Å². The van der Waals surface area contributed by atoms with E-state index in [-0.39, 0.29) is 17.1 Å². The molecule has 2 aromatic rings. The third kappa shape index (κ3) is 3.14. The molecule has 7 heteroatoms. The molecule has 0 bridgehead atoms. The number of anilines is 1. The van der Waals surface area contributed by atoms with Crippen molar-refractivity contribution in [3.63, 3.8) is 0 Å². The Morgan fingerprint density at radius 1 is 1.24 bits per heavy atom. The van der Waals surface area contributed by atoms with Crippen molar-refractivity contribution in [2.75, 3.05) is 19.5 Å². The molecule has 0 fully saturated rings. The first-order valence-electron chi connectivity index (χ1n) is 5.91. The number of hydrogen-bond donors (Lipinski definition) is 2. The van der Waals surface area contributed by atoms with Gasteiger partial charge in [0.05, 0.1) is 19.9 Å². The van der Waals surface area contributed by atoms with Crippen LogP contribution >= 0.6 is 11.3 Å². The summed E-state index contributed by atoms with van der Waals surface area (Å²) in [5.41, 5.74) is 0.613. The number of thiophene rings is 1. The Morgan fingerprint density at radius 3 is 2.62 bits per heavy atom. The van der Waals surface area contributed by atoms with Gasteiger partial charge < -0.3 is 19.9 Å². The molecule has 0 unspecified atom stereocenters. The second-order valence-corrected chi connectivity index (χ2v) is 4.91. The highest BCUT2D eigenvalue weighted by Crippen LogP contribution is 2.28. The Bertz CT molecular complexity index is 680. The third-order valence-electron chi connectivity index (χ3n) is 2.73. The average molecular weight is 307 g/mol. The summed E-state index contributed by atoms with van der Waals surface area (Å²) in [4.78, 5) is 24.0. The Kier molecular flexibility index (Phi) is 4.44. The van der Waals surface area contributed by atoms with Gasteiger partial charge in [0, 0.05) is 5.56 Å². The van der Waals surface area contributed by atoms with Crippen LogP contribution in [0.25, 0.3) is 0 Å². The molecule has 1 heterocycles. The van der Waals surface area contributed by atoms with Gasteiger partial charge in [0.15, 0.2) is 11.5 Å². The number of rotatable bonds is 4. The van der Waals surface area contributed by atoms with E-state index < -0.39 is 11.9 Å². The molecule has 2 rings (SSSR count). The number of phenols is 1. The molecule has 0 aliphatic carbocycles. The van der Waals surface area contributed by atoms with Crippen molar-refractivity contribution < 1.29 is 24.2 Å². The van der Waals surface area contributed by atoms with Crippen molar-refractivity contribution in [3.8, 4) is 11.5 Å². The van der Waals surface area contributed by atoms with E-state index in [1.165, 1.54) is 43.8 Å². The van der Waals surface area contributed by atoms with E-state index in [1.54, 1.807) is 11.4 Å². The molecule has 1 aromatic carbocycles. The zero-order valence-corrected chi connectivity index (χ0v) is 12.2. The Hall–Kier alpha value is -2.54. The average Bonchev–Trinajstić information content (AvgIpc) is 2.94. The lowest BCUT2D eigenvalue weighted by molar-refractivity contribution is 0.0607. The van der Waals surface area contributed by atoms with E-state index in [9.17, 15) is 14.7 Å². The molecule has 0 atom stereocenters. The lowest BCUT2D eigenvalue weighted by Crippen LogP contribution is -2.13. The second kappa shape index (κ2) is 6.27. The molecule has 1 amide bonds. The van der Waals surface area contributed by atoms with Crippen molar-refractivity contribution in [1.29, 1.82) is 0 Å². The molecule has 21 heavy (non-hydrogen) atoms. The molecule has 110 valence electrons. The van der Waals surface area contributed by atoms with E-state index >= 15 is 0 Å². The number of hydrogen-bond acceptors (Lipinski definition) is 6. The maximum Gasteiger partial charge on any atom is 0.350 e. The first kappa shape index (κ1) is 14.9. The van der Waals surface area contributed by atoms with Crippen molar-refractivity contribution >= 4 is 28.9 Å². The van der Waals surface area contributed by atoms with Crippen LogP contribution in [0, 0.1) is 0 Å². The molecule has 0 spiro atoms. The molecular weight excluding hydrogens is 294 g/mol. The van der Waals surface area contributed by atoms with Crippen molar-refractivity contribution in [3.05, 3.63) is 40.1 Å². The van der Waals surface area contributed by atoms with E-state index in [4.69, 9.17) is 4.74 Å². The molecule has 0 saturated heterocycles. The van der Waals surface area contributed by atoms with Gasteiger partial charge in [-0.05, 0) is 29.6 Å². The van der Waals surface area contributed by atoms with Crippen molar-refractivity contribution in [2.45, 2.75) is 0 Å². The first-order chi connectivity index (χ1) is 10.1. The maximum atomic E-state index is 12.1. The quantitative estimate of drug-likeness (QED) is 0.848. The van der Waals surface area contributed by atoms with Crippen LogP contribution in [-0.4, -0.2) is 31.2 Å². The SMILES string of the molecule is COC(=O)c1sccc1NC(=O)c1ccc(OC)c(O)c1. The minimum Gasteiger partial charge on any atom is -0.504 e. The van der Waals surface area contributed by atoms with Crippen LogP contribution in [0.2, 0.25) is 0 Å². The largest absolute Gasteiger partial charge is 0.504 e. The molecule has 6 nitrogen and oxygen atoms in total. The summed E-state index contributed by atoms with van der Waals surface area (Å²) < 4.78 is 9.55. The Labute approximate surface area is 124 Å². The van der Waals surface area contributed by atoms with E-state index in [0.29, 0.717) is 10.6 Å². The number of carbonyl (C=O) groups excluding carboxylic acids is 2. The van der Waals surface area contributed by atoms with Gasteiger partial charge in [-0.3, -0.25) is 4.79 Å². The number of amides is 1. The van der Waals surface area contributed by atoms with Crippen LogP contribution in [0.15, 0.2) is 29.6 Å². The minimum absolute atomic E-state index is 0.135. The van der Waals surface area contributed by atoms with Crippen molar-refractivity contribution in [2.24, 2.45) is 0 Å². The minimum atomic E-state index is -0.516. The molecule has 0 saturated carbocycles. The first-order valence-corrected chi connectivity index (χ1v) is 6.79. The van der Waals surface area contributed by atoms with Crippen LogP contribution in [-0.2, 0) is 4.74 Å². The van der Waals surface area contributed by atoms with Gasteiger partial charge >= 0.3 is 5.97 Å². The van der Waals surface area contributed by atoms with E-state index in [2.05, 4.69) is 10.1 Å². The number of nitrogens with one attached hydrogen (secondary N) is 1. The van der Waals surface area contributed by atoms with E-state index in [0.717, 1.165) is 0 Å². The lowest BCUT2D eigenvalue weighted by atomic mass is 10.2. The summed E-state index contributed by atoms with van der Waals surface area (Å²) in [6.45, 7) is 0. The van der Waals surface area contributed by atoms with Crippen LogP contribution in [0.4, 0.5) is 5.69 Å². The van der Waals surface area contributed by atoms with Gasteiger partial charge in [-0.15, -0.1) is 11.3 Å². The number of methoxy groups -OCH3 is 2. The highest BCUT2D eigenvalue weighted by Gasteiger charge is 2.17. The number of carbonyl (C=O) groups is 2. The molecule has 0 aliphatic heterocycles. The second-order valence-electron chi connectivity index (χ2n) is 4.00. The molecule has 1 aromatic heterocycles. The predicted molar refractivity (Wildman–Crippen MR) is 78.3 cm³/mol. The summed E-state index contributed by atoms with van der Waals surface area (Å²) in [5, 5.41) is 13.9. The number of phenolic OH excluding ortho intramolecular Hbond substituents is 1. The fourth-order valence-corrected chi connectivity index (χ4v) is 2.45. The van der Waals surface area contributed by atoms with E-state index in [1.807, 2.05) is 0 Å². The fraction of sp³-hybridized carbons (Fsp3) is 0.143. The third-order valence-corrected chi connectivity index (χ3v) is 3.62. The summed E-state index contributed by atoms with van der Waals surface area (Å²) in [6, 6.07) is 5.90. The highest BCUT2D eigenvalue weighted by atomic mass is 32.1. The summed E-state index contributed by atoms with van der Waals surface area (Å²) in [5.74, 6) is -0.824. The number of esters is 1. The number of benzene rings is 1. The smallest absolute Gasteiger partial charge is 0.350 e. The summed E-state index contributed by atoms with van der Waals surface area (Å²) in [7, 11) is 2.69. The van der Waals surface area contributed by atoms with Gasteiger partial charge in [-0.2, -0.15) is 0 Å². The zero-order chi connectivity index (χ0) is 15.4. The maximum absolute atomic E-state index is 12.1. The summed E-state index contributed by atoms with van der Waals surface area (Å²) in [6.07, 6.45) is 0. The van der Waals surface area contributed by atoms with Crippen LogP contribution in [0.3, 0.4) is 0 Å². The lowest BCUT2D eigenvalue weighted by Gasteiger charge is -2.07.